The molecule has 26 heavy (non-hydrogen) atoms. The normalized spacial score (nSPS) is 23.2. The molecule has 7 nitrogen and oxygen atoms in total. The number of pyridine rings is 1. The Hall–Kier alpha value is -2.41. The summed E-state index contributed by atoms with van der Waals surface area (Å²) in [7, 11) is 0. The van der Waals surface area contributed by atoms with E-state index in [4.69, 9.17) is 4.52 Å². The maximum atomic E-state index is 13.0. The average molecular weight is 356 g/mol. The van der Waals surface area contributed by atoms with Crippen LogP contribution in [-0.4, -0.2) is 56.6 Å². The molecule has 3 aliphatic rings. The Morgan fingerprint density at radius 1 is 1.31 bits per heavy atom. The van der Waals surface area contributed by atoms with Crippen LogP contribution in [0, 0.1) is 19.8 Å². The van der Waals surface area contributed by atoms with Crippen LogP contribution in [0.15, 0.2) is 22.9 Å². The lowest BCUT2D eigenvalue weighted by Gasteiger charge is -2.36. The largest absolute Gasteiger partial charge is 0.505 e. The minimum Gasteiger partial charge on any atom is -0.505 e. The number of amides is 1. The third kappa shape index (κ3) is 3.07. The van der Waals surface area contributed by atoms with E-state index in [2.05, 4.69) is 15.0 Å². The van der Waals surface area contributed by atoms with Gasteiger partial charge in [-0.25, -0.2) is 4.98 Å². The second-order valence-corrected chi connectivity index (χ2v) is 7.42. The van der Waals surface area contributed by atoms with Gasteiger partial charge in [0, 0.05) is 44.0 Å². The van der Waals surface area contributed by atoms with Crippen molar-refractivity contribution in [3.05, 3.63) is 41.0 Å². The van der Waals surface area contributed by atoms with E-state index in [9.17, 15) is 9.90 Å². The molecule has 3 saturated heterocycles. The van der Waals surface area contributed by atoms with E-state index in [-0.39, 0.29) is 23.4 Å². The fourth-order valence-corrected chi connectivity index (χ4v) is 4.21. The minimum absolute atomic E-state index is 0.0507. The summed E-state index contributed by atoms with van der Waals surface area (Å²) < 4.78 is 5.29. The van der Waals surface area contributed by atoms with E-state index in [0.717, 1.165) is 56.0 Å². The Labute approximate surface area is 152 Å². The Morgan fingerprint density at radius 3 is 2.88 bits per heavy atom. The molecular weight excluding hydrogens is 332 g/mol. The van der Waals surface area contributed by atoms with Crippen LogP contribution >= 0.6 is 0 Å². The summed E-state index contributed by atoms with van der Waals surface area (Å²) in [5, 5.41) is 14.0. The molecular formula is C19H24N4O3. The molecule has 1 N–H and O–H groups in total. The first-order valence-corrected chi connectivity index (χ1v) is 9.12. The van der Waals surface area contributed by atoms with E-state index in [0.29, 0.717) is 5.92 Å². The lowest BCUT2D eigenvalue weighted by atomic mass is 9.94. The van der Waals surface area contributed by atoms with Crippen LogP contribution < -0.4 is 0 Å². The third-order valence-corrected chi connectivity index (χ3v) is 5.60. The highest BCUT2D eigenvalue weighted by atomic mass is 16.5. The predicted molar refractivity (Wildman–Crippen MR) is 94.7 cm³/mol. The molecule has 0 aliphatic carbocycles. The average Bonchev–Trinajstić information content (AvgIpc) is 2.82. The first-order chi connectivity index (χ1) is 12.5. The Bertz CT molecular complexity index is 799. The topological polar surface area (TPSA) is 82.7 Å². The summed E-state index contributed by atoms with van der Waals surface area (Å²) >= 11 is 0. The van der Waals surface area contributed by atoms with Gasteiger partial charge >= 0.3 is 0 Å². The Kier molecular flexibility index (Phi) is 4.40. The van der Waals surface area contributed by atoms with Crippen LogP contribution in [-0.2, 0) is 6.54 Å². The van der Waals surface area contributed by atoms with Gasteiger partial charge in [0.2, 0.25) is 0 Å². The van der Waals surface area contributed by atoms with Gasteiger partial charge < -0.3 is 14.5 Å². The third-order valence-electron chi connectivity index (χ3n) is 5.60. The molecule has 0 aromatic carbocycles. The van der Waals surface area contributed by atoms with Gasteiger partial charge in [-0.05, 0) is 44.7 Å². The zero-order chi connectivity index (χ0) is 18.3. The number of hydrogen-bond acceptors (Lipinski definition) is 6. The van der Waals surface area contributed by atoms with Crippen LogP contribution in [0.2, 0.25) is 0 Å². The van der Waals surface area contributed by atoms with Crippen LogP contribution in [0.3, 0.4) is 0 Å². The van der Waals surface area contributed by atoms with E-state index >= 15 is 0 Å². The molecule has 0 unspecified atom stereocenters. The van der Waals surface area contributed by atoms with Crippen LogP contribution in [0.4, 0.5) is 0 Å². The van der Waals surface area contributed by atoms with Crippen molar-refractivity contribution in [2.24, 2.45) is 5.92 Å². The summed E-state index contributed by atoms with van der Waals surface area (Å²) in [6.07, 6.45) is 3.66. The molecule has 0 spiro atoms. The number of aryl methyl sites for hydroxylation is 2. The summed E-state index contributed by atoms with van der Waals surface area (Å²) in [6, 6.07) is 3.29. The van der Waals surface area contributed by atoms with Gasteiger partial charge in [0.05, 0.1) is 5.69 Å². The summed E-state index contributed by atoms with van der Waals surface area (Å²) in [5.41, 5.74) is 2.23. The van der Waals surface area contributed by atoms with E-state index in [1.54, 1.807) is 12.3 Å². The van der Waals surface area contributed by atoms with Crippen molar-refractivity contribution in [3.63, 3.8) is 0 Å². The molecule has 0 saturated carbocycles. The number of aromatic nitrogens is 2. The summed E-state index contributed by atoms with van der Waals surface area (Å²) in [5.74, 6) is 1.08. The molecule has 3 aliphatic heterocycles. The number of aromatic hydroxyl groups is 1. The number of hydrogen-bond donors (Lipinski definition) is 1. The fraction of sp³-hybridized carbons (Fsp3) is 0.526. The van der Waals surface area contributed by atoms with Crippen molar-refractivity contribution >= 4 is 5.91 Å². The molecule has 2 aromatic heterocycles. The molecule has 0 radical (unpaired) electrons. The quantitative estimate of drug-likeness (QED) is 0.907. The molecule has 2 aromatic rings. The smallest absolute Gasteiger partial charge is 0.276 e. The predicted octanol–water partition coefficient (Wildman–Crippen LogP) is 2.13. The Morgan fingerprint density at radius 2 is 2.15 bits per heavy atom. The van der Waals surface area contributed by atoms with Gasteiger partial charge in [0.1, 0.15) is 11.5 Å². The Balaban J connectivity index is 1.53. The van der Waals surface area contributed by atoms with Gasteiger partial charge in [-0.2, -0.15) is 0 Å². The van der Waals surface area contributed by atoms with Crippen molar-refractivity contribution in [3.8, 4) is 5.75 Å². The number of piperidine rings is 1. The number of rotatable bonds is 3. The van der Waals surface area contributed by atoms with Crippen molar-refractivity contribution < 1.29 is 14.4 Å². The number of carbonyl (C=O) groups excluding carboxylic acids is 1. The standard InChI is InChI=1S/C19H24N4O3/c1-12-16(13(2)26-21-12)11-22-8-14-5-6-15(10-22)23(9-14)19(25)18-17(24)4-3-7-20-18/h3-4,7,14-15,24H,5-6,8-11H2,1-2H3/t14-,15+/m1/s1. The monoisotopic (exact) mass is 356 g/mol. The van der Waals surface area contributed by atoms with Crippen molar-refractivity contribution in [2.75, 3.05) is 19.6 Å². The van der Waals surface area contributed by atoms with E-state index in [1.165, 1.54) is 6.07 Å². The maximum Gasteiger partial charge on any atom is 0.276 e. The second kappa shape index (κ2) is 6.72. The zero-order valence-electron chi connectivity index (χ0n) is 15.2. The van der Waals surface area contributed by atoms with E-state index in [1.807, 2.05) is 18.7 Å². The van der Waals surface area contributed by atoms with Crippen LogP contribution in [0.5, 0.6) is 5.75 Å². The highest BCUT2D eigenvalue weighted by Gasteiger charge is 2.38. The molecule has 5 rings (SSSR count). The van der Waals surface area contributed by atoms with E-state index < -0.39 is 0 Å². The lowest BCUT2D eigenvalue weighted by Crippen LogP contribution is -2.47. The molecule has 1 amide bonds. The van der Waals surface area contributed by atoms with Gasteiger partial charge in [-0.1, -0.05) is 5.16 Å². The highest BCUT2D eigenvalue weighted by Crippen LogP contribution is 2.31. The SMILES string of the molecule is Cc1noc(C)c1CN1C[C@H]2CC[C@@H](C1)N(C(=O)c1ncccc1O)C2. The van der Waals surface area contributed by atoms with Crippen LogP contribution in [0.25, 0.3) is 0 Å². The minimum atomic E-state index is -0.169. The van der Waals surface area contributed by atoms with Crippen molar-refractivity contribution in [2.45, 2.75) is 39.3 Å². The van der Waals surface area contributed by atoms with Crippen molar-refractivity contribution in [1.29, 1.82) is 0 Å². The molecule has 2 bridgehead atoms. The fourth-order valence-electron chi connectivity index (χ4n) is 4.21. The molecule has 2 atom stereocenters. The molecule has 7 heteroatoms. The van der Waals surface area contributed by atoms with Crippen molar-refractivity contribution in [1.82, 2.24) is 19.9 Å². The van der Waals surface area contributed by atoms with Gasteiger partial charge in [-0.15, -0.1) is 0 Å². The summed E-state index contributed by atoms with van der Waals surface area (Å²) in [4.78, 5) is 21.4. The highest BCUT2D eigenvalue weighted by molar-refractivity contribution is 5.95. The van der Waals surface area contributed by atoms with Gasteiger partial charge in [-0.3, -0.25) is 9.69 Å². The second-order valence-electron chi connectivity index (χ2n) is 7.42. The maximum absolute atomic E-state index is 13.0. The number of fused-ring (bicyclic) bond motifs is 4. The molecule has 138 valence electrons. The first-order valence-electron chi connectivity index (χ1n) is 9.12. The molecule has 3 fully saturated rings. The molecule has 5 heterocycles. The zero-order valence-corrected chi connectivity index (χ0v) is 15.2. The first kappa shape index (κ1) is 17.0. The summed E-state index contributed by atoms with van der Waals surface area (Å²) in [6.45, 7) is 7.21. The van der Waals surface area contributed by atoms with Gasteiger partial charge in [0.25, 0.3) is 5.91 Å². The lowest BCUT2D eigenvalue weighted by molar-refractivity contribution is 0.0575. The number of nitrogens with zero attached hydrogens (tertiary/aromatic N) is 4. The van der Waals surface area contributed by atoms with Crippen LogP contribution in [0.1, 0.15) is 40.3 Å². The van der Waals surface area contributed by atoms with Gasteiger partial charge in [0.15, 0.2) is 5.69 Å². The number of carbonyl (C=O) groups is 1.